The Hall–Kier alpha value is -3.23. The van der Waals surface area contributed by atoms with Gasteiger partial charge in [-0.05, 0) is 43.4 Å². The second kappa shape index (κ2) is 10.5. The number of ether oxygens (including phenoxy) is 2. The van der Waals surface area contributed by atoms with Crippen molar-refractivity contribution in [2.75, 3.05) is 20.8 Å². The number of hydrogen-bond donors (Lipinski definition) is 2. The fourth-order valence-corrected chi connectivity index (χ4v) is 3.21. The molecular formula is C22H25N5O2S. The van der Waals surface area contributed by atoms with Gasteiger partial charge in [0, 0.05) is 30.5 Å². The van der Waals surface area contributed by atoms with Crippen LogP contribution in [0.25, 0.3) is 16.9 Å². The van der Waals surface area contributed by atoms with Crippen LogP contribution in [0, 0.1) is 0 Å². The molecule has 30 heavy (non-hydrogen) atoms. The summed E-state index contributed by atoms with van der Waals surface area (Å²) in [5.41, 5.74) is 6.25. The number of hydrazone groups is 1. The number of benzene rings is 2. The first-order valence-electron chi connectivity index (χ1n) is 9.49. The maximum Gasteiger partial charge on any atom is 0.187 e. The summed E-state index contributed by atoms with van der Waals surface area (Å²) in [7, 11) is 3.30. The Morgan fingerprint density at radius 3 is 2.63 bits per heavy atom. The summed E-state index contributed by atoms with van der Waals surface area (Å²) in [6.45, 7) is 2.53. The number of rotatable bonds is 8. The summed E-state index contributed by atoms with van der Waals surface area (Å²) in [4.78, 5) is 0. The first-order valence-corrected chi connectivity index (χ1v) is 9.90. The van der Waals surface area contributed by atoms with Crippen LogP contribution in [0.5, 0.6) is 5.75 Å². The molecule has 2 aromatic carbocycles. The topological polar surface area (TPSA) is 72.7 Å². The molecule has 3 rings (SSSR count). The van der Waals surface area contributed by atoms with E-state index in [2.05, 4.69) is 15.8 Å². The number of hydrogen-bond acceptors (Lipinski definition) is 5. The zero-order valence-corrected chi connectivity index (χ0v) is 18.0. The van der Waals surface area contributed by atoms with Crippen molar-refractivity contribution in [3.8, 4) is 22.7 Å². The second-order valence-electron chi connectivity index (χ2n) is 6.61. The molecule has 7 nitrogen and oxygen atoms in total. The second-order valence-corrected chi connectivity index (χ2v) is 7.02. The van der Waals surface area contributed by atoms with Gasteiger partial charge in [0.05, 0.1) is 25.6 Å². The molecule has 1 atom stereocenters. The quantitative estimate of drug-likeness (QED) is 0.329. The molecule has 0 amide bonds. The molecule has 0 unspecified atom stereocenters. The summed E-state index contributed by atoms with van der Waals surface area (Å²) < 4.78 is 12.4. The van der Waals surface area contributed by atoms with Gasteiger partial charge in [-0.15, -0.1) is 0 Å². The van der Waals surface area contributed by atoms with E-state index in [-0.39, 0.29) is 6.04 Å². The third-order valence-electron chi connectivity index (χ3n) is 4.29. The highest BCUT2D eigenvalue weighted by molar-refractivity contribution is 7.80. The van der Waals surface area contributed by atoms with Crippen molar-refractivity contribution in [2.24, 2.45) is 5.10 Å². The predicted octanol–water partition coefficient (Wildman–Crippen LogP) is 3.38. The first kappa shape index (κ1) is 21.5. The van der Waals surface area contributed by atoms with Crippen molar-refractivity contribution in [3.05, 3.63) is 66.4 Å². The van der Waals surface area contributed by atoms with E-state index >= 15 is 0 Å². The molecule has 0 saturated heterocycles. The van der Waals surface area contributed by atoms with Gasteiger partial charge in [-0.1, -0.05) is 30.3 Å². The molecule has 0 radical (unpaired) electrons. The fraction of sp³-hybridized carbons (Fsp3) is 0.227. The van der Waals surface area contributed by atoms with Crippen LogP contribution in [-0.2, 0) is 4.74 Å². The summed E-state index contributed by atoms with van der Waals surface area (Å²) in [6, 6.07) is 17.7. The van der Waals surface area contributed by atoms with Crippen LogP contribution in [0.3, 0.4) is 0 Å². The largest absolute Gasteiger partial charge is 0.496 e. The number of nitrogens with zero attached hydrogens (tertiary/aromatic N) is 3. The molecule has 1 aromatic heterocycles. The summed E-state index contributed by atoms with van der Waals surface area (Å²) in [5.74, 6) is 0.740. The van der Waals surface area contributed by atoms with Crippen LogP contribution in [0.2, 0.25) is 0 Å². The van der Waals surface area contributed by atoms with E-state index < -0.39 is 0 Å². The molecule has 0 saturated carbocycles. The van der Waals surface area contributed by atoms with E-state index in [1.807, 2.05) is 72.4 Å². The minimum atomic E-state index is 0.0789. The number of aromatic nitrogens is 2. The zero-order chi connectivity index (χ0) is 21.3. The van der Waals surface area contributed by atoms with E-state index in [1.165, 1.54) is 0 Å². The van der Waals surface area contributed by atoms with Gasteiger partial charge in [0.25, 0.3) is 0 Å². The Morgan fingerprint density at radius 1 is 1.17 bits per heavy atom. The van der Waals surface area contributed by atoms with Gasteiger partial charge >= 0.3 is 0 Å². The number of nitrogens with one attached hydrogen (secondary N) is 2. The summed E-state index contributed by atoms with van der Waals surface area (Å²) in [5, 5.41) is 12.6. The van der Waals surface area contributed by atoms with Crippen molar-refractivity contribution in [1.29, 1.82) is 0 Å². The Morgan fingerprint density at radius 2 is 1.90 bits per heavy atom. The molecule has 8 heteroatoms. The molecular weight excluding hydrogens is 398 g/mol. The van der Waals surface area contributed by atoms with Crippen molar-refractivity contribution in [1.82, 2.24) is 20.5 Å². The average molecular weight is 424 g/mol. The zero-order valence-electron chi connectivity index (χ0n) is 17.2. The van der Waals surface area contributed by atoms with Gasteiger partial charge in [0.15, 0.2) is 5.11 Å². The number of thiocarbonyl (C=S) groups is 1. The van der Waals surface area contributed by atoms with Crippen LogP contribution in [0.4, 0.5) is 0 Å². The lowest BCUT2D eigenvalue weighted by Gasteiger charge is -2.13. The van der Waals surface area contributed by atoms with Crippen LogP contribution in [0.1, 0.15) is 12.5 Å². The van der Waals surface area contributed by atoms with Crippen molar-refractivity contribution < 1.29 is 9.47 Å². The molecule has 0 aliphatic heterocycles. The monoisotopic (exact) mass is 423 g/mol. The van der Waals surface area contributed by atoms with Gasteiger partial charge in [-0.2, -0.15) is 10.2 Å². The van der Waals surface area contributed by atoms with Crippen molar-refractivity contribution in [3.63, 3.8) is 0 Å². The molecule has 156 valence electrons. The SMILES string of the molecule is COC[C@H](C)NC(=S)N/N=C\c1cn(-c2ccccc2)nc1-c1ccccc1OC. The predicted molar refractivity (Wildman–Crippen MR) is 123 cm³/mol. The van der Waals surface area contributed by atoms with Gasteiger partial charge in [-0.25, -0.2) is 4.68 Å². The maximum atomic E-state index is 5.53. The third-order valence-corrected chi connectivity index (χ3v) is 4.50. The van der Waals surface area contributed by atoms with E-state index in [0.717, 1.165) is 28.3 Å². The van der Waals surface area contributed by atoms with Crippen LogP contribution in [0.15, 0.2) is 65.9 Å². The maximum absolute atomic E-state index is 5.53. The van der Waals surface area contributed by atoms with Crippen LogP contribution >= 0.6 is 12.2 Å². The molecule has 1 heterocycles. The molecule has 2 N–H and O–H groups in total. The highest BCUT2D eigenvalue weighted by atomic mass is 32.1. The Bertz CT molecular complexity index is 1000. The van der Waals surface area contributed by atoms with Crippen molar-refractivity contribution in [2.45, 2.75) is 13.0 Å². The third kappa shape index (κ3) is 5.43. The van der Waals surface area contributed by atoms with E-state index in [9.17, 15) is 0 Å². The van der Waals surface area contributed by atoms with Gasteiger partial charge in [-0.3, -0.25) is 5.43 Å². The van der Waals surface area contributed by atoms with Gasteiger partial charge in [0.2, 0.25) is 0 Å². The highest BCUT2D eigenvalue weighted by Crippen LogP contribution is 2.31. The lowest BCUT2D eigenvalue weighted by Crippen LogP contribution is -2.40. The molecule has 0 bridgehead atoms. The summed E-state index contributed by atoms with van der Waals surface area (Å²) >= 11 is 5.28. The summed E-state index contributed by atoms with van der Waals surface area (Å²) in [6.07, 6.45) is 3.62. The average Bonchev–Trinajstić information content (AvgIpc) is 3.18. The molecule has 0 fully saturated rings. The lowest BCUT2D eigenvalue weighted by atomic mass is 10.1. The minimum absolute atomic E-state index is 0.0789. The highest BCUT2D eigenvalue weighted by Gasteiger charge is 2.15. The minimum Gasteiger partial charge on any atom is -0.496 e. The Labute approximate surface area is 181 Å². The molecule has 0 aliphatic rings. The smallest absolute Gasteiger partial charge is 0.187 e. The Balaban J connectivity index is 1.88. The molecule has 0 spiro atoms. The van der Waals surface area contributed by atoms with Gasteiger partial charge in [0.1, 0.15) is 11.4 Å². The normalized spacial score (nSPS) is 12.0. The fourth-order valence-electron chi connectivity index (χ4n) is 2.95. The van der Waals surface area contributed by atoms with Crippen molar-refractivity contribution >= 4 is 23.5 Å². The van der Waals surface area contributed by atoms with Gasteiger partial charge < -0.3 is 14.8 Å². The Kier molecular flexibility index (Phi) is 7.53. The van der Waals surface area contributed by atoms with E-state index in [0.29, 0.717) is 11.7 Å². The van der Waals surface area contributed by atoms with Crippen LogP contribution < -0.4 is 15.5 Å². The van der Waals surface area contributed by atoms with E-state index in [4.69, 9.17) is 26.8 Å². The number of methoxy groups -OCH3 is 2. The van der Waals surface area contributed by atoms with E-state index in [1.54, 1.807) is 20.4 Å². The molecule has 3 aromatic rings. The number of para-hydroxylation sites is 2. The standard InChI is InChI=1S/C22H25N5O2S/c1-16(15-28-2)24-22(30)25-23-13-17-14-27(18-9-5-4-6-10-18)26-21(17)19-11-7-8-12-20(19)29-3/h4-14,16H,15H2,1-3H3,(H2,24,25,30)/b23-13-/t16-/m0/s1. The first-order chi connectivity index (χ1) is 14.6. The van der Waals surface area contributed by atoms with Crippen LogP contribution in [-0.4, -0.2) is 48.0 Å². The molecule has 0 aliphatic carbocycles. The lowest BCUT2D eigenvalue weighted by molar-refractivity contribution is 0.179.